The predicted octanol–water partition coefficient (Wildman–Crippen LogP) is 17.1. The van der Waals surface area contributed by atoms with Crippen molar-refractivity contribution in [3.05, 3.63) is 431 Å². The summed E-state index contributed by atoms with van der Waals surface area (Å²) in [5.74, 6) is 0. The predicted molar refractivity (Wildman–Crippen MR) is 516 cm³/mol. The maximum Gasteiger partial charge on any atom is 0.187 e. The minimum Gasteiger partial charge on any atom is -0.385 e. The molecule has 0 aromatic heterocycles. The van der Waals surface area contributed by atoms with Gasteiger partial charge in [-0.15, -0.1) is 0 Å². The van der Waals surface area contributed by atoms with Crippen LogP contribution >= 0.6 is 0 Å². The van der Waals surface area contributed by atoms with Crippen molar-refractivity contribution in [2.75, 3.05) is 46.8 Å². The lowest BCUT2D eigenvalue weighted by Gasteiger charge is -2.33. The Morgan fingerprint density at radius 3 is 0.600 bits per heavy atom. The second-order valence-electron chi connectivity index (χ2n) is 35.5. The van der Waals surface area contributed by atoms with Crippen LogP contribution in [0, 0.1) is 0 Å². The molecular weight excluding hydrogens is 1780 g/mol. The van der Waals surface area contributed by atoms with Crippen molar-refractivity contribution in [3.8, 4) is 0 Å². The van der Waals surface area contributed by atoms with Gasteiger partial charge in [0.05, 0.1) is 119 Å². The Morgan fingerprint density at radius 2 is 0.343 bits per heavy atom. The Balaban J connectivity index is 0.738. The number of methoxy groups -OCH3 is 1. The number of aliphatic hydroxyl groups excluding tert-OH is 1. The van der Waals surface area contributed by atoms with E-state index in [1.807, 2.05) is 364 Å². The van der Waals surface area contributed by atoms with Gasteiger partial charge in [0.25, 0.3) is 0 Å². The molecule has 12 aromatic carbocycles. The van der Waals surface area contributed by atoms with Gasteiger partial charge < -0.3 is 119 Å². The van der Waals surface area contributed by atoms with E-state index in [-0.39, 0.29) is 119 Å². The van der Waals surface area contributed by atoms with Crippen LogP contribution in [0.15, 0.2) is 364 Å². The summed E-state index contributed by atoms with van der Waals surface area (Å²) in [6.45, 7) is 1.70. The minimum absolute atomic E-state index is 0.00948. The van der Waals surface area contributed by atoms with Crippen molar-refractivity contribution in [1.82, 2.24) is 0 Å². The van der Waals surface area contributed by atoms with Gasteiger partial charge in [0.2, 0.25) is 0 Å². The first-order valence-corrected chi connectivity index (χ1v) is 48.3. The van der Waals surface area contributed by atoms with Gasteiger partial charge in [0, 0.05) is 7.11 Å². The highest BCUT2D eigenvalue weighted by atomic mass is 16.8. The van der Waals surface area contributed by atoms with E-state index >= 15 is 0 Å². The fraction of sp³-hybridized carbons (Fsp3) is 0.374. The lowest BCUT2D eigenvalue weighted by molar-refractivity contribution is -0.276. The van der Waals surface area contributed by atoms with E-state index in [9.17, 15) is 5.11 Å². The molecule has 0 radical (unpaired) electrons. The molecule has 0 saturated carbocycles. The molecule has 0 amide bonds. The van der Waals surface area contributed by atoms with Gasteiger partial charge in [-0.05, 0) is 66.8 Å². The monoisotopic (exact) mass is 1900 g/mol. The van der Waals surface area contributed by atoms with Crippen molar-refractivity contribution in [2.45, 2.75) is 227 Å². The summed E-state index contributed by atoms with van der Waals surface area (Å²) in [6, 6.07) is 119. The Labute approximate surface area is 818 Å². The Kier molecular flexibility index (Phi) is 37.5. The fourth-order valence-corrected chi connectivity index (χ4v) is 18.2. The summed E-state index contributed by atoms with van der Waals surface area (Å²) < 4.78 is 171. The fourth-order valence-electron chi connectivity index (χ4n) is 18.2. The van der Waals surface area contributed by atoms with Crippen LogP contribution in [0.2, 0.25) is 0 Å². The first kappa shape index (κ1) is 99.8. The zero-order valence-corrected chi connectivity index (χ0v) is 78.5. The van der Waals surface area contributed by atoms with Gasteiger partial charge >= 0.3 is 0 Å². The molecule has 25 heteroatoms. The van der Waals surface area contributed by atoms with Gasteiger partial charge in [-0.3, -0.25) is 0 Å². The lowest BCUT2D eigenvalue weighted by Crippen LogP contribution is -2.49. The summed E-state index contributed by atoms with van der Waals surface area (Å²) in [4.78, 5) is 0. The van der Waals surface area contributed by atoms with Gasteiger partial charge in [0.15, 0.2) is 37.7 Å². The molecule has 734 valence electrons. The Morgan fingerprint density at radius 1 is 0.171 bits per heavy atom. The molecule has 6 aliphatic heterocycles. The van der Waals surface area contributed by atoms with Crippen LogP contribution in [-0.2, 0) is 193 Å². The summed E-state index contributed by atoms with van der Waals surface area (Å²) in [5, 5.41) is 12.1. The summed E-state index contributed by atoms with van der Waals surface area (Å²) in [6.07, 6.45) is -25.5. The molecule has 0 spiro atoms. The third-order valence-electron chi connectivity index (χ3n) is 25.4. The lowest BCUT2D eigenvalue weighted by atomic mass is 10.1. The van der Waals surface area contributed by atoms with Gasteiger partial charge in [-0.1, -0.05) is 364 Å². The van der Waals surface area contributed by atoms with Crippen LogP contribution < -0.4 is 0 Å². The first-order chi connectivity index (χ1) is 69.3. The largest absolute Gasteiger partial charge is 0.385 e. The Bertz CT molecular complexity index is 5450. The van der Waals surface area contributed by atoms with Crippen LogP contribution in [0.5, 0.6) is 0 Å². The molecule has 1 N–H and O–H groups in total. The van der Waals surface area contributed by atoms with E-state index < -0.39 is 148 Å². The molecule has 6 saturated heterocycles. The highest BCUT2D eigenvalue weighted by Crippen LogP contribution is 2.43. The molecule has 6 fully saturated rings. The second-order valence-corrected chi connectivity index (χ2v) is 35.5. The zero-order valence-electron chi connectivity index (χ0n) is 78.5. The summed E-state index contributed by atoms with van der Waals surface area (Å²) >= 11 is 0. The smallest absolute Gasteiger partial charge is 0.187 e. The third kappa shape index (κ3) is 28.2. The molecule has 6 aliphatic rings. The van der Waals surface area contributed by atoms with E-state index in [0.717, 1.165) is 66.8 Å². The van der Waals surface area contributed by atoms with Crippen LogP contribution in [-0.4, -0.2) is 199 Å². The van der Waals surface area contributed by atoms with E-state index in [1.165, 1.54) is 7.11 Å². The van der Waals surface area contributed by atoms with Gasteiger partial charge in [-0.2, -0.15) is 0 Å². The van der Waals surface area contributed by atoms with Crippen molar-refractivity contribution in [3.63, 3.8) is 0 Å². The second kappa shape index (κ2) is 52.6. The number of hydrogen-bond donors (Lipinski definition) is 1. The van der Waals surface area contributed by atoms with E-state index in [4.69, 9.17) is 114 Å². The molecule has 0 bridgehead atoms. The zero-order chi connectivity index (χ0) is 94.9. The van der Waals surface area contributed by atoms with Crippen molar-refractivity contribution < 1.29 is 119 Å². The number of hydrogen-bond acceptors (Lipinski definition) is 25. The quantitative estimate of drug-likeness (QED) is 0.0372. The SMILES string of the molecule is CO[C@H]1O[C@H](CO[C@H]2O[C@H](CO[C@H]3O[C@H](COCc4ccccc4)[C@@H](OCc4ccccc4)[C@@H]3O[C@@H]3O[C@H](COCc4ccccc4)[C@@H](OCc4ccccc4)[C@@H]3OCc3ccccc3)[C@@H](O[C@H]3O[C@H](COCc4ccccc4)[C@@H](OCc4ccccc4)[C@@H]3O[C@@H]3O[C@H](COCc4ccccc4)[C@@H](OCc4ccccc4)[C@@H]3OCc3ccccc3)[C@@H]2OCc2ccccc2)[C@@H](OCc2ccccc2)[C@@H]1O. The van der Waals surface area contributed by atoms with Crippen LogP contribution in [0.4, 0.5) is 0 Å². The molecular formula is C115H124O25. The highest BCUT2D eigenvalue weighted by Gasteiger charge is 2.60. The standard InChI is InChI=1S/C115H124O25/c1-117-110-98(116)99(122-66-84-46-22-6-23-47-84)96(132-110)78-130-111-107(129-73-91-60-36-13-37-61-91)104(138-115-109(103(126-70-88-54-30-10-31-55-88)95(137-115)77-121-65-83-44-20-5-21-45-83)140-114-106(128-72-90-58-34-12-35-59-90)101(124-68-86-50-26-8-27-51-86)93(136-114)75-119-63-81-40-16-3-17-41-81)97(134-111)79-131-112-108(102(125-69-87-52-28-9-29-53-87)94(133-112)76-120-64-82-42-18-4-19-43-82)139-113-105(127-71-89-56-32-11-33-57-89)100(123-67-85-48-24-7-25-49-85)92(135-113)74-118-62-80-38-14-2-15-39-80/h2-61,92-116H,62-79H2,1H3/t92-,93-,94-,95-,96-,97-,98+,99-,100-,101-,102-,103-,104-,105+,106+,107+,108+,109+,110+,111+,112+,113+,114+,115-/m1/s1. The third-order valence-corrected chi connectivity index (χ3v) is 25.4. The number of benzene rings is 12. The molecule has 6 heterocycles. The van der Waals surface area contributed by atoms with Crippen molar-refractivity contribution in [2.24, 2.45) is 0 Å². The van der Waals surface area contributed by atoms with Crippen molar-refractivity contribution >= 4 is 0 Å². The molecule has 0 unspecified atom stereocenters. The van der Waals surface area contributed by atoms with Crippen LogP contribution in [0.3, 0.4) is 0 Å². The van der Waals surface area contributed by atoms with E-state index in [1.54, 1.807) is 0 Å². The number of aliphatic hydroxyl groups is 1. The first-order valence-electron chi connectivity index (χ1n) is 48.3. The molecule has 18 rings (SSSR count). The number of ether oxygens (including phenoxy) is 24. The molecule has 25 nitrogen and oxygen atoms in total. The molecule has 140 heavy (non-hydrogen) atoms. The van der Waals surface area contributed by atoms with Crippen LogP contribution in [0.25, 0.3) is 0 Å². The normalized spacial score (nSPS) is 27.6. The molecule has 24 atom stereocenters. The maximum atomic E-state index is 12.1. The average molecular weight is 1910 g/mol. The summed E-state index contributed by atoms with van der Waals surface area (Å²) in [7, 11) is 1.47. The Hall–Kier alpha value is -10.4. The van der Waals surface area contributed by atoms with E-state index in [2.05, 4.69) is 0 Å². The maximum absolute atomic E-state index is 12.1. The topological polar surface area (TPSA) is 242 Å². The van der Waals surface area contributed by atoms with Gasteiger partial charge in [-0.25, -0.2) is 0 Å². The minimum atomic E-state index is -1.42. The van der Waals surface area contributed by atoms with Gasteiger partial charge in [0.1, 0.15) is 110 Å². The molecule has 0 aliphatic carbocycles. The summed E-state index contributed by atoms with van der Waals surface area (Å²) in [5.41, 5.74) is 11.0. The highest BCUT2D eigenvalue weighted by molar-refractivity contribution is 5.23. The van der Waals surface area contributed by atoms with Crippen LogP contribution in [0.1, 0.15) is 66.8 Å². The van der Waals surface area contributed by atoms with Crippen molar-refractivity contribution in [1.29, 1.82) is 0 Å². The van der Waals surface area contributed by atoms with E-state index in [0.29, 0.717) is 0 Å². The average Bonchev–Trinajstić information content (AvgIpc) is 1.62. The number of rotatable bonds is 53. The molecule has 12 aromatic rings.